The summed E-state index contributed by atoms with van der Waals surface area (Å²) < 4.78 is 0. The number of hydrogen-bond acceptors (Lipinski definition) is 6. The predicted octanol–water partition coefficient (Wildman–Crippen LogP) is 1.03. The molecule has 0 aromatic heterocycles. The second kappa shape index (κ2) is 6.61. The Morgan fingerprint density at radius 1 is 1.26 bits per heavy atom. The molecule has 1 saturated carbocycles. The Morgan fingerprint density at radius 3 is 2.70 bits per heavy atom. The van der Waals surface area contributed by atoms with Gasteiger partial charge in [0.1, 0.15) is 0 Å². The van der Waals surface area contributed by atoms with Crippen molar-refractivity contribution in [1.82, 2.24) is 10.2 Å². The zero-order valence-corrected chi connectivity index (χ0v) is 13.1. The van der Waals surface area contributed by atoms with Crippen molar-refractivity contribution in [3.63, 3.8) is 0 Å². The summed E-state index contributed by atoms with van der Waals surface area (Å²) in [6.07, 6.45) is 5.82. The quantitative estimate of drug-likeness (QED) is 0.828. The molecule has 1 saturated heterocycles. The summed E-state index contributed by atoms with van der Waals surface area (Å²) in [5.74, 6) is -0.900. The molecule has 0 bridgehead atoms. The molecule has 9 heteroatoms. The van der Waals surface area contributed by atoms with E-state index in [-0.39, 0.29) is 34.9 Å². The van der Waals surface area contributed by atoms with Crippen molar-refractivity contribution >= 4 is 34.7 Å². The lowest BCUT2D eigenvalue weighted by atomic mass is 9.89. The van der Waals surface area contributed by atoms with Gasteiger partial charge in [0, 0.05) is 12.1 Å². The van der Waals surface area contributed by atoms with Crippen molar-refractivity contribution < 1.29 is 19.2 Å². The first-order valence-corrected chi connectivity index (χ1v) is 8.47. The van der Waals surface area contributed by atoms with E-state index in [1.807, 2.05) is 0 Å². The van der Waals surface area contributed by atoms with E-state index in [0.29, 0.717) is 12.8 Å². The molecule has 3 rings (SSSR count). The second-order valence-corrected chi connectivity index (χ2v) is 6.57. The molecule has 0 radical (unpaired) electrons. The van der Waals surface area contributed by atoms with Crippen LogP contribution in [-0.2, 0) is 14.4 Å². The van der Waals surface area contributed by atoms with Crippen LogP contribution in [0.25, 0.3) is 0 Å². The minimum Gasteiger partial charge on any atom is -0.349 e. The van der Waals surface area contributed by atoms with Crippen LogP contribution in [0.4, 0.5) is 4.79 Å². The van der Waals surface area contributed by atoms with Crippen molar-refractivity contribution in [1.29, 1.82) is 0 Å². The number of amides is 4. The minimum atomic E-state index is -0.838. The van der Waals surface area contributed by atoms with E-state index >= 15 is 0 Å². The van der Waals surface area contributed by atoms with Gasteiger partial charge in [0.05, 0.1) is 11.8 Å². The van der Waals surface area contributed by atoms with E-state index in [1.54, 1.807) is 0 Å². The molecule has 8 nitrogen and oxygen atoms in total. The fourth-order valence-electron chi connectivity index (χ4n) is 3.05. The smallest absolute Gasteiger partial charge is 0.289 e. The average Bonchev–Trinajstić information content (AvgIpc) is 2.87. The molecule has 4 amide bonds. The van der Waals surface area contributed by atoms with E-state index in [9.17, 15) is 19.2 Å². The van der Waals surface area contributed by atoms with Gasteiger partial charge in [-0.05, 0) is 18.9 Å². The van der Waals surface area contributed by atoms with Gasteiger partial charge in [0.2, 0.25) is 5.91 Å². The summed E-state index contributed by atoms with van der Waals surface area (Å²) in [6, 6.07) is -1.44. The molecule has 1 aliphatic carbocycles. The third-order valence-electron chi connectivity index (χ3n) is 4.14. The first-order valence-electron chi connectivity index (χ1n) is 7.48. The Morgan fingerprint density at radius 2 is 2.04 bits per heavy atom. The van der Waals surface area contributed by atoms with Crippen LogP contribution in [-0.4, -0.2) is 51.7 Å². The van der Waals surface area contributed by atoms with E-state index in [4.69, 9.17) is 0 Å². The van der Waals surface area contributed by atoms with Gasteiger partial charge in [-0.1, -0.05) is 24.6 Å². The van der Waals surface area contributed by atoms with Crippen molar-refractivity contribution in [2.24, 2.45) is 10.2 Å². The molecule has 1 N–H and O–H groups in total. The highest BCUT2D eigenvalue weighted by molar-refractivity contribution is 8.14. The topological polar surface area (TPSA) is 108 Å². The molecule has 23 heavy (non-hydrogen) atoms. The van der Waals surface area contributed by atoms with Crippen LogP contribution in [0.3, 0.4) is 0 Å². The van der Waals surface area contributed by atoms with Crippen LogP contribution in [0.1, 0.15) is 25.7 Å². The maximum absolute atomic E-state index is 12.3. The van der Waals surface area contributed by atoms with Gasteiger partial charge in [0.25, 0.3) is 17.1 Å². The highest BCUT2D eigenvalue weighted by Crippen LogP contribution is 2.30. The molecule has 3 unspecified atom stereocenters. The van der Waals surface area contributed by atoms with Crippen LogP contribution in [0.5, 0.6) is 0 Å². The van der Waals surface area contributed by atoms with Crippen molar-refractivity contribution in [3.05, 3.63) is 12.2 Å². The van der Waals surface area contributed by atoms with E-state index in [1.165, 1.54) is 17.1 Å². The molecule has 0 aromatic rings. The monoisotopic (exact) mass is 336 g/mol. The van der Waals surface area contributed by atoms with E-state index in [0.717, 1.165) is 24.6 Å². The molecular formula is C14H16N4O4S. The molecule has 122 valence electrons. The van der Waals surface area contributed by atoms with Crippen LogP contribution in [0, 0.1) is 0 Å². The van der Waals surface area contributed by atoms with Gasteiger partial charge < -0.3 is 5.32 Å². The normalized spacial score (nSPS) is 30.9. The van der Waals surface area contributed by atoms with Gasteiger partial charge in [-0.15, -0.1) is 5.11 Å². The lowest BCUT2D eigenvalue weighted by molar-refractivity contribution is -0.129. The average molecular weight is 336 g/mol. The van der Waals surface area contributed by atoms with Crippen LogP contribution in [0.15, 0.2) is 22.4 Å². The predicted molar refractivity (Wildman–Crippen MR) is 81.7 cm³/mol. The van der Waals surface area contributed by atoms with Crippen molar-refractivity contribution in [3.8, 4) is 0 Å². The third-order valence-corrected chi connectivity index (χ3v) is 4.98. The number of carbonyl (C=O) groups excluding carboxylic acids is 4. The van der Waals surface area contributed by atoms with Gasteiger partial charge in [-0.2, -0.15) is 5.11 Å². The van der Waals surface area contributed by atoms with E-state index in [2.05, 4.69) is 15.5 Å². The van der Waals surface area contributed by atoms with Crippen molar-refractivity contribution in [2.45, 2.75) is 43.8 Å². The molecule has 0 aromatic carbocycles. The van der Waals surface area contributed by atoms with Gasteiger partial charge in [0.15, 0.2) is 6.04 Å². The van der Waals surface area contributed by atoms with Crippen molar-refractivity contribution in [2.75, 3.05) is 5.75 Å². The highest BCUT2D eigenvalue weighted by Gasteiger charge is 2.41. The second-order valence-electron chi connectivity index (χ2n) is 5.64. The number of thioether (sulfide) groups is 1. The third kappa shape index (κ3) is 3.34. The van der Waals surface area contributed by atoms with Crippen LogP contribution in [0.2, 0.25) is 0 Å². The Labute approximate surface area is 136 Å². The van der Waals surface area contributed by atoms with E-state index < -0.39 is 11.9 Å². The molecule has 3 aliphatic rings. The van der Waals surface area contributed by atoms with Crippen LogP contribution < -0.4 is 5.32 Å². The number of carbonyl (C=O) groups is 4. The zero-order valence-electron chi connectivity index (χ0n) is 12.3. The molecular weight excluding hydrogens is 320 g/mol. The lowest BCUT2D eigenvalue weighted by Gasteiger charge is -2.37. The molecule has 3 atom stereocenters. The first-order chi connectivity index (χ1) is 11.1. The SMILES string of the molecule is O=C1C=CC(C(=O)NC2CCCCC2N2C(=O)CSC2=O)N=N1. The summed E-state index contributed by atoms with van der Waals surface area (Å²) in [5, 5.41) is 9.63. The fraction of sp³-hybridized carbons (Fsp3) is 0.571. The molecule has 0 spiro atoms. The number of azo groups is 1. The number of rotatable bonds is 3. The number of nitrogens with one attached hydrogen (secondary N) is 1. The van der Waals surface area contributed by atoms with Crippen LogP contribution >= 0.6 is 11.8 Å². The summed E-state index contributed by atoms with van der Waals surface area (Å²) in [4.78, 5) is 48.4. The number of hydrogen-bond donors (Lipinski definition) is 1. The Balaban J connectivity index is 1.69. The maximum Gasteiger partial charge on any atom is 0.289 e. The van der Waals surface area contributed by atoms with Gasteiger partial charge in [-0.3, -0.25) is 24.1 Å². The fourth-order valence-corrected chi connectivity index (χ4v) is 3.81. The number of imide groups is 1. The van der Waals surface area contributed by atoms with Gasteiger partial charge in [-0.25, -0.2) is 0 Å². The Kier molecular flexibility index (Phi) is 4.56. The molecule has 2 fully saturated rings. The summed E-state index contributed by atoms with van der Waals surface area (Å²) in [5.41, 5.74) is 0. The molecule has 2 aliphatic heterocycles. The molecule has 2 heterocycles. The summed E-state index contributed by atoms with van der Waals surface area (Å²) in [7, 11) is 0. The summed E-state index contributed by atoms with van der Waals surface area (Å²) in [6.45, 7) is 0. The lowest BCUT2D eigenvalue weighted by Crippen LogP contribution is -2.56. The largest absolute Gasteiger partial charge is 0.349 e. The standard InChI is InChI=1S/C14H16N4O4S/c19-11-6-5-9(16-17-11)13(21)15-8-3-1-2-4-10(8)18-12(20)7-23-14(18)22/h5-6,8-10H,1-4,7H2,(H,15,21). The Bertz CT molecular complexity index is 586. The Hall–Kier alpha value is -2.03. The minimum absolute atomic E-state index is 0.164. The maximum atomic E-state index is 12.3. The number of nitrogens with zero attached hydrogens (tertiary/aromatic N) is 3. The van der Waals surface area contributed by atoms with Gasteiger partial charge >= 0.3 is 0 Å². The highest BCUT2D eigenvalue weighted by atomic mass is 32.2. The summed E-state index contributed by atoms with van der Waals surface area (Å²) >= 11 is 0.999. The first kappa shape index (κ1) is 15.9. The zero-order chi connectivity index (χ0) is 16.4.